The highest BCUT2D eigenvalue weighted by Crippen LogP contribution is 2.28. The number of hydrogen-bond acceptors (Lipinski definition) is 0. The van der Waals surface area contributed by atoms with Crippen LogP contribution in [-0.2, 0) is 0 Å². The molecule has 0 bridgehead atoms. The summed E-state index contributed by atoms with van der Waals surface area (Å²) >= 11 is 0. The largest absolute Gasteiger partial charge is 0.0614 e. The van der Waals surface area contributed by atoms with E-state index in [4.69, 9.17) is 0 Å². The molecular weight excluding hydrogens is 264 g/mol. The molecule has 110 valence electrons. The minimum Gasteiger partial charge on any atom is -0.0614 e. The van der Waals surface area contributed by atoms with Crippen LogP contribution >= 0.6 is 0 Å². The second kappa shape index (κ2) is 5.81. The Balaban J connectivity index is 1.98. The summed E-state index contributed by atoms with van der Waals surface area (Å²) in [5.41, 5.74) is 10.5. The number of aryl methyl sites for hydroxylation is 3. The fraction of sp³-hybridized carbons (Fsp3) is 0.182. The van der Waals surface area contributed by atoms with Gasteiger partial charge in [-0.25, -0.2) is 0 Å². The summed E-state index contributed by atoms with van der Waals surface area (Å²) in [6.07, 6.45) is 0. The minimum atomic E-state index is 1.27. The molecule has 0 amide bonds. The Morgan fingerprint density at radius 2 is 1.05 bits per heavy atom. The molecule has 0 atom stereocenters. The van der Waals surface area contributed by atoms with Gasteiger partial charge in [0.1, 0.15) is 0 Å². The molecule has 3 aromatic rings. The van der Waals surface area contributed by atoms with Crippen molar-refractivity contribution in [2.75, 3.05) is 0 Å². The van der Waals surface area contributed by atoms with E-state index in [2.05, 4.69) is 88.4 Å². The van der Waals surface area contributed by atoms with Crippen molar-refractivity contribution in [2.24, 2.45) is 0 Å². The molecule has 0 unspecified atom stereocenters. The second-order valence-corrected chi connectivity index (χ2v) is 6.18. The topological polar surface area (TPSA) is 0 Å². The highest BCUT2D eigenvalue weighted by molar-refractivity contribution is 5.71. The first-order chi connectivity index (χ1) is 10.5. The molecule has 0 saturated heterocycles. The number of hydrogen-bond donors (Lipinski definition) is 0. The van der Waals surface area contributed by atoms with E-state index >= 15 is 0 Å². The molecule has 0 aliphatic carbocycles. The molecule has 0 spiro atoms. The van der Waals surface area contributed by atoms with Gasteiger partial charge in [-0.2, -0.15) is 0 Å². The Hall–Kier alpha value is -2.34. The second-order valence-electron chi connectivity index (χ2n) is 6.18. The molecule has 0 radical (unpaired) electrons. The van der Waals surface area contributed by atoms with Crippen LogP contribution in [0.15, 0.2) is 60.7 Å². The SMILES string of the molecule is Cc1cccc(-c2ccc(-c3cc(C)c(C)c(C)c3)cc2)c1. The van der Waals surface area contributed by atoms with Gasteiger partial charge in [0.2, 0.25) is 0 Å². The van der Waals surface area contributed by atoms with Gasteiger partial charge < -0.3 is 0 Å². The van der Waals surface area contributed by atoms with Crippen LogP contribution in [0.25, 0.3) is 22.3 Å². The lowest BCUT2D eigenvalue weighted by atomic mass is 9.95. The Morgan fingerprint density at radius 1 is 0.500 bits per heavy atom. The van der Waals surface area contributed by atoms with E-state index in [1.807, 2.05) is 0 Å². The van der Waals surface area contributed by atoms with Crippen molar-refractivity contribution in [2.45, 2.75) is 27.7 Å². The molecule has 0 aliphatic heterocycles. The van der Waals surface area contributed by atoms with Crippen molar-refractivity contribution in [3.8, 4) is 22.3 Å². The van der Waals surface area contributed by atoms with Crippen LogP contribution in [0.5, 0.6) is 0 Å². The Bertz CT molecular complexity index is 785. The van der Waals surface area contributed by atoms with Gasteiger partial charge in [0.15, 0.2) is 0 Å². The zero-order valence-electron chi connectivity index (χ0n) is 13.8. The van der Waals surface area contributed by atoms with E-state index in [-0.39, 0.29) is 0 Å². The summed E-state index contributed by atoms with van der Waals surface area (Å²) in [6.45, 7) is 8.70. The van der Waals surface area contributed by atoms with Crippen molar-refractivity contribution in [1.29, 1.82) is 0 Å². The number of rotatable bonds is 2. The average molecular weight is 286 g/mol. The Kier molecular flexibility index (Phi) is 3.85. The summed E-state index contributed by atoms with van der Waals surface area (Å²) in [7, 11) is 0. The molecule has 0 aromatic heterocycles. The highest BCUT2D eigenvalue weighted by Gasteiger charge is 2.04. The van der Waals surface area contributed by atoms with Gasteiger partial charge in [-0.1, -0.05) is 66.2 Å². The van der Waals surface area contributed by atoms with Gasteiger partial charge in [0, 0.05) is 0 Å². The lowest BCUT2D eigenvalue weighted by Gasteiger charge is -2.10. The highest BCUT2D eigenvalue weighted by atomic mass is 14.1. The van der Waals surface area contributed by atoms with E-state index in [1.165, 1.54) is 44.5 Å². The molecule has 3 rings (SSSR count). The van der Waals surface area contributed by atoms with Crippen molar-refractivity contribution in [3.05, 3.63) is 82.9 Å². The summed E-state index contributed by atoms with van der Waals surface area (Å²) in [5.74, 6) is 0. The molecule has 0 saturated carbocycles. The summed E-state index contributed by atoms with van der Waals surface area (Å²) in [4.78, 5) is 0. The molecule has 0 N–H and O–H groups in total. The molecule has 0 aliphatic rings. The fourth-order valence-corrected chi connectivity index (χ4v) is 2.88. The zero-order valence-corrected chi connectivity index (χ0v) is 13.8. The van der Waals surface area contributed by atoms with Gasteiger partial charge in [-0.15, -0.1) is 0 Å². The standard InChI is InChI=1S/C22H22/c1-15-6-5-7-21(12-15)19-8-10-20(11-9-19)22-13-16(2)18(4)17(3)14-22/h5-14H,1-4H3. The maximum atomic E-state index is 2.28. The lowest BCUT2D eigenvalue weighted by molar-refractivity contribution is 1.27. The summed E-state index contributed by atoms with van der Waals surface area (Å²) in [6, 6.07) is 22.1. The van der Waals surface area contributed by atoms with Crippen molar-refractivity contribution < 1.29 is 0 Å². The molecule has 0 fully saturated rings. The first-order valence-corrected chi connectivity index (χ1v) is 7.80. The first-order valence-electron chi connectivity index (χ1n) is 7.80. The van der Waals surface area contributed by atoms with Crippen molar-refractivity contribution in [1.82, 2.24) is 0 Å². The van der Waals surface area contributed by atoms with E-state index in [0.29, 0.717) is 0 Å². The normalized spacial score (nSPS) is 10.7. The molecule has 0 heterocycles. The maximum absolute atomic E-state index is 2.28. The van der Waals surface area contributed by atoms with E-state index < -0.39 is 0 Å². The predicted octanol–water partition coefficient (Wildman–Crippen LogP) is 6.25. The van der Waals surface area contributed by atoms with Gasteiger partial charge in [-0.05, 0) is 66.6 Å². The van der Waals surface area contributed by atoms with Gasteiger partial charge >= 0.3 is 0 Å². The third kappa shape index (κ3) is 2.82. The average Bonchev–Trinajstić information content (AvgIpc) is 2.52. The van der Waals surface area contributed by atoms with Crippen molar-refractivity contribution >= 4 is 0 Å². The van der Waals surface area contributed by atoms with Crippen molar-refractivity contribution in [3.63, 3.8) is 0 Å². The Labute approximate surface area is 133 Å². The fourth-order valence-electron chi connectivity index (χ4n) is 2.88. The monoisotopic (exact) mass is 286 g/mol. The van der Waals surface area contributed by atoms with E-state index in [9.17, 15) is 0 Å². The molecular formula is C22H22. The van der Waals surface area contributed by atoms with Crippen LogP contribution in [0.3, 0.4) is 0 Å². The van der Waals surface area contributed by atoms with Gasteiger partial charge in [0.05, 0.1) is 0 Å². The van der Waals surface area contributed by atoms with E-state index in [1.54, 1.807) is 0 Å². The third-order valence-electron chi connectivity index (χ3n) is 4.50. The molecule has 0 heteroatoms. The smallest absolute Gasteiger partial charge is 0.0179 e. The number of benzene rings is 3. The first kappa shape index (κ1) is 14.6. The lowest BCUT2D eigenvalue weighted by Crippen LogP contribution is -1.89. The van der Waals surface area contributed by atoms with Crippen LogP contribution in [0.4, 0.5) is 0 Å². The maximum Gasteiger partial charge on any atom is -0.0179 e. The van der Waals surface area contributed by atoms with Crippen LogP contribution in [-0.4, -0.2) is 0 Å². The quantitative estimate of drug-likeness (QED) is 0.522. The van der Waals surface area contributed by atoms with Crippen LogP contribution in [0.1, 0.15) is 22.3 Å². The van der Waals surface area contributed by atoms with Crippen LogP contribution in [0, 0.1) is 27.7 Å². The third-order valence-corrected chi connectivity index (χ3v) is 4.50. The van der Waals surface area contributed by atoms with Crippen LogP contribution in [0.2, 0.25) is 0 Å². The predicted molar refractivity (Wildman–Crippen MR) is 96.3 cm³/mol. The van der Waals surface area contributed by atoms with E-state index in [0.717, 1.165) is 0 Å². The van der Waals surface area contributed by atoms with Gasteiger partial charge in [0.25, 0.3) is 0 Å². The van der Waals surface area contributed by atoms with Crippen LogP contribution < -0.4 is 0 Å². The summed E-state index contributed by atoms with van der Waals surface area (Å²) < 4.78 is 0. The summed E-state index contributed by atoms with van der Waals surface area (Å²) in [5, 5.41) is 0. The minimum absolute atomic E-state index is 1.27. The molecule has 0 nitrogen and oxygen atoms in total. The Morgan fingerprint density at radius 3 is 1.59 bits per heavy atom. The van der Waals surface area contributed by atoms with Gasteiger partial charge in [-0.3, -0.25) is 0 Å². The zero-order chi connectivity index (χ0) is 15.7. The molecule has 3 aromatic carbocycles. The molecule has 22 heavy (non-hydrogen) atoms.